The van der Waals surface area contributed by atoms with Crippen molar-refractivity contribution in [2.24, 2.45) is 11.1 Å². The molecule has 1 N–H and O–H groups in total. The van der Waals surface area contributed by atoms with Crippen LogP contribution >= 0.6 is 0 Å². The third kappa shape index (κ3) is 9.14. The van der Waals surface area contributed by atoms with Crippen molar-refractivity contribution in [3.05, 3.63) is 101 Å². The summed E-state index contributed by atoms with van der Waals surface area (Å²) in [6.45, 7) is 2.04. The molecule has 0 radical (unpaired) electrons. The van der Waals surface area contributed by atoms with E-state index in [0.29, 0.717) is 35.9 Å². The summed E-state index contributed by atoms with van der Waals surface area (Å²) in [4.78, 5) is 17.7. The second-order valence-electron chi connectivity index (χ2n) is 9.34. The number of ether oxygens (including phenoxy) is 2. The molecule has 3 aromatic rings. The molecule has 0 aromatic heterocycles. The van der Waals surface area contributed by atoms with Crippen LogP contribution in [0.4, 0.5) is 13.2 Å². The number of hydrogen-bond acceptors (Lipinski definition) is 5. The fourth-order valence-corrected chi connectivity index (χ4v) is 4.10. The summed E-state index contributed by atoms with van der Waals surface area (Å²) in [5.41, 5.74) is 2.33. The van der Waals surface area contributed by atoms with Crippen molar-refractivity contribution in [2.75, 3.05) is 26.4 Å². The van der Waals surface area contributed by atoms with E-state index in [0.717, 1.165) is 49.3 Å². The summed E-state index contributed by atoms with van der Waals surface area (Å²) in [6.07, 6.45) is -2.00. The SMILES string of the molecule is O=C(COc1ccc(/C(Cc2ccccc2)=N/OCc2ccc(C(F)(F)F)cc2)cc1)NCC1CCOCC1. The van der Waals surface area contributed by atoms with Crippen molar-refractivity contribution in [1.29, 1.82) is 0 Å². The maximum atomic E-state index is 12.8. The molecule has 1 saturated heterocycles. The number of nitrogens with zero attached hydrogens (tertiary/aromatic N) is 1. The van der Waals surface area contributed by atoms with Crippen LogP contribution in [0, 0.1) is 5.92 Å². The Morgan fingerprint density at radius 3 is 2.28 bits per heavy atom. The molecule has 9 heteroatoms. The molecule has 0 unspecified atom stereocenters. The normalized spacial score (nSPS) is 14.6. The highest BCUT2D eigenvalue weighted by atomic mass is 19.4. The van der Waals surface area contributed by atoms with E-state index in [9.17, 15) is 18.0 Å². The van der Waals surface area contributed by atoms with Crippen LogP contribution in [0.2, 0.25) is 0 Å². The second kappa shape index (κ2) is 13.8. The number of benzene rings is 3. The molecular weight excluding hydrogens is 509 g/mol. The Kier molecular flexibility index (Phi) is 9.97. The van der Waals surface area contributed by atoms with Crippen LogP contribution in [0.3, 0.4) is 0 Å². The van der Waals surface area contributed by atoms with Gasteiger partial charge in [0.1, 0.15) is 12.4 Å². The molecule has 1 fully saturated rings. The lowest BCUT2D eigenvalue weighted by molar-refractivity contribution is -0.137. The van der Waals surface area contributed by atoms with Gasteiger partial charge in [0, 0.05) is 26.2 Å². The summed E-state index contributed by atoms with van der Waals surface area (Å²) in [5.74, 6) is 0.809. The van der Waals surface area contributed by atoms with Crippen LogP contribution in [0.15, 0.2) is 84.0 Å². The van der Waals surface area contributed by atoms with Gasteiger partial charge in [-0.05, 0) is 71.8 Å². The number of rotatable bonds is 11. The van der Waals surface area contributed by atoms with Crippen LogP contribution in [0.25, 0.3) is 0 Å². The Hall–Kier alpha value is -3.85. The molecule has 4 rings (SSSR count). The van der Waals surface area contributed by atoms with Crippen molar-refractivity contribution >= 4 is 11.6 Å². The van der Waals surface area contributed by atoms with Gasteiger partial charge in [0.25, 0.3) is 5.91 Å². The lowest BCUT2D eigenvalue weighted by Crippen LogP contribution is -2.35. The Balaban J connectivity index is 1.35. The molecule has 0 saturated carbocycles. The van der Waals surface area contributed by atoms with E-state index in [1.165, 1.54) is 12.1 Å². The molecule has 0 atom stereocenters. The average molecular weight is 541 g/mol. The zero-order valence-corrected chi connectivity index (χ0v) is 21.5. The lowest BCUT2D eigenvalue weighted by Gasteiger charge is -2.22. The molecule has 1 aliphatic heterocycles. The van der Waals surface area contributed by atoms with E-state index in [1.807, 2.05) is 42.5 Å². The number of amides is 1. The first-order chi connectivity index (χ1) is 18.9. The topological polar surface area (TPSA) is 69.2 Å². The maximum absolute atomic E-state index is 12.8. The Morgan fingerprint density at radius 2 is 1.62 bits per heavy atom. The summed E-state index contributed by atoms with van der Waals surface area (Å²) < 4.78 is 49.4. The molecule has 3 aromatic carbocycles. The molecule has 1 heterocycles. The van der Waals surface area contributed by atoms with E-state index in [1.54, 1.807) is 12.1 Å². The number of carbonyl (C=O) groups is 1. The fourth-order valence-electron chi connectivity index (χ4n) is 4.10. The van der Waals surface area contributed by atoms with Gasteiger partial charge in [-0.3, -0.25) is 4.79 Å². The maximum Gasteiger partial charge on any atom is 0.416 e. The highest BCUT2D eigenvalue weighted by Crippen LogP contribution is 2.29. The summed E-state index contributed by atoms with van der Waals surface area (Å²) in [6, 6.07) is 21.7. The van der Waals surface area contributed by atoms with Crippen molar-refractivity contribution in [3.63, 3.8) is 0 Å². The van der Waals surface area contributed by atoms with E-state index in [2.05, 4.69) is 10.5 Å². The monoisotopic (exact) mass is 540 g/mol. The Labute approximate surface area is 225 Å². The number of oxime groups is 1. The second-order valence-corrected chi connectivity index (χ2v) is 9.34. The van der Waals surface area contributed by atoms with Gasteiger partial charge in [-0.1, -0.05) is 47.6 Å². The Bertz CT molecular complexity index is 1210. The Morgan fingerprint density at radius 1 is 0.923 bits per heavy atom. The zero-order valence-electron chi connectivity index (χ0n) is 21.5. The highest BCUT2D eigenvalue weighted by Gasteiger charge is 2.29. The standard InChI is InChI=1S/C30H31F3N2O4/c31-30(32,33)26-10-6-24(7-11-26)20-39-35-28(18-22-4-2-1-3-5-22)25-8-12-27(13-9-25)38-21-29(36)34-19-23-14-16-37-17-15-23/h1-13,23H,14-21H2,(H,34,36)/b35-28+. The first kappa shape index (κ1) is 28.2. The van der Waals surface area contributed by atoms with Crippen LogP contribution in [-0.4, -0.2) is 38.0 Å². The number of halogens is 3. The van der Waals surface area contributed by atoms with Gasteiger partial charge in [-0.25, -0.2) is 0 Å². The molecule has 0 spiro atoms. The number of hydrogen-bond donors (Lipinski definition) is 1. The van der Waals surface area contributed by atoms with E-state index in [-0.39, 0.29) is 19.1 Å². The largest absolute Gasteiger partial charge is 0.484 e. The minimum absolute atomic E-state index is 0.0284. The molecule has 1 aliphatic rings. The average Bonchev–Trinajstić information content (AvgIpc) is 2.96. The molecule has 1 amide bonds. The fraction of sp³-hybridized carbons (Fsp3) is 0.333. The third-order valence-electron chi connectivity index (χ3n) is 6.39. The summed E-state index contributed by atoms with van der Waals surface area (Å²) >= 11 is 0. The van der Waals surface area contributed by atoms with Crippen LogP contribution in [0.1, 0.15) is 35.1 Å². The molecule has 39 heavy (non-hydrogen) atoms. The van der Waals surface area contributed by atoms with E-state index in [4.69, 9.17) is 14.3 Å². The smallest absolute Gasteiger partial charge is 0.416 e. The molecule has 0 aliphatic carbocycles. The van der Waals surface area contributed by atoms with Gasteiger partial charge in [0.2, 0.25) is 0 Å². The van der Waals surface area contributed by atoms with Gasteiger partial charge in [0.05, 0.1) is 11.3 Å². The van der Waals surface area contributed by atoms with Gasteiger partial charge < -0.3 is 19.6 Å². The van der Waals surface area contributed by atoms with Gasteiger partial charge >= 0.3 is 6.18 Å². The quantitative estimate of drug-likeness (QED) is 0.247. The molecular formula is C30H31F3N2O4. The van der Waals surface area contributed by atoms with E-state index >= 15 is 0 Å². The predicted octanol–water partition coefficient (Wildman–Crippen LogP) is 5.79. The first-order valence-electron chi connectivity index (χ1n) is 12.8. The minimum atomic E-state index is -4.38. The third-order valence-corrected chi connectivity index (χ3v) is 6.39. The predicted molar refractivity (Wildman–Crippen MR) is 141 cm³/mol. The van der Waals surface area contributed by atoms with Crippen molar-refractivity contribution in [2.45, 2.75) is 32.0 Å². The molecule has 6 nitrogen and oxygen atoms in total. The van der Waals surface area contributed by atoms with Crippen molar-refractivity contribution in [3.8, 4) is 5.75 Å². The van der Waals surface area contributed by atoms with Crippen LogP contribution < -0.4 is 10.1 Å². The lowest BCUT2D eigenvalue weighted by atomic mass is 10.0. The van der Waals surface area contributed by atoms with Crippen molar-refractivity contribution < 1.29 is 32.3 Å². The van der Waals surface area contributed by atoms with Crippen molar-refractivity contribution in [1.82, 2.24) is 5.32 Å². The number of alkyl halides is 3. The van der Waals surface area contributed by atoms with Gasteiger partial charge in [-0.15, -0.1) is 0 Å². The molecule has 0 bridgehead atoms. The van der Waals surface area contributed by atoms with Crippen LogP contribution in [-0.2, 0) is 33.6 Å². The summed E-state index contributed by atoms with van der Waals surface area (Å²) in [7, 11) is 0. The van der Waals surface area contributed by atoms with Crippen LogP contribution in [0.5, 0.6) is 5.75 Å². The highest BCUT2D eigenvalue weighted by molar-refractivity contribution is 6.01. The van der Waals surface area contributed by atoms with Gasteiger partial charge in [0.15, 0.2) is 6.61 Å². The first-order valence-corrected chi connectivity index (χ1v) is 12.8. The van der Waals surface area contributed by atoms with E-state index < -0.39 is 11.7 Å². The number of carbonyl (C=O) groups excluding carboxylic acids is 1. The molecule has 206 valence electrons. The number of nitrogens with one attached hydrogen (secondary N) is 1. The summed E-state index contributed by atoms with van der Waals surface area (Å²) in [5, 5.41) is 7.22. The minimum Gasteiger partial charge on any atom is -0.484 e. The van der Waals surface area contributed by atoms with Gasteiger partial charge in [-0.2, -0.15) is 13.2 Å². The zero-order chi connectivity index (χ0) is 27.5.